The van der Waals surface area contributed by atoms with Gasteiger partial charge in [-0.2, -0.15) is 0 Å². The Balaban J connectivity index is 1.37. The molecule has 0 aliphatic carbocycles. The van der Waals surface area contributed by atoms with Crippen LogP contribution in [0.5, 0.6) is 0 Å². The van der Waals surface area contributed by atoms with Gasteiger partial charge < -0.3 is 15.0 Å². The van der Waals surface area contributed by atoms with Crippen molar-refractivity contribution in [2.75, 3.05) is 38.2 Å². The van der Waals surface area contributed by atoms with Gasteiger partial charge in [-0.3, -0.25) is 14.5 Å². The average Bonchev–Trinajstić information content (AvgIpc) is 3.38. The number of rotatable bonds is 5. The van der Waals surface area contributed by atoms with Gasteiger partial charge in [0.05, 0.1) is 18.9 Å². The number of amides is 2. The van der Waals surface area contributed by atoms with Gasteiger partial charge >= 0.3 is 0 Å². The predicted octanol–water partition coefficient (Wildman–Crippen LogP) is 2.22. The fourth-order valence-electron chi connectivity index (χ4n) is 3.64. The van der Waals surface area contributed by atoms with Gasteiger partial charge in [0.1, 0.15) is 6.04 Å². The number of ether oxygens (including phenoxy) is 1. The smallest absolute Gasteiger partial charge is 0.254 e. The molecule has 7 nitrogen and oxygen atoms in total. The molecule has 0 saturated carbocycles. The summed E-state index contributed by atoms with van der Waals surface area (Å²) in [6.45, 7) is 4.67. The highest BCUT2D eigenvalue weighted by atomic mass is 32.1. The Bertz CT molecular complexity index is 820. The molecule has 1 atom stereocenters. The molecule has 2 saturated heterocycles. The van der Waals surface area contributed by atoms with Crippen molar-refractivity contribution >= 4 is 28.3 Å². The number of thiazole rings is 1. The number of benzene rings is 1. The zero-order chi connectivity index (χ0) is 19.3. The van der Waals surface area contributed by atoms with Crippen molar-refractivity contribution in [3.05, 3.63) is 47.0 Å². The minimum absolute atomic E-state index is 0.0922. The lowest BCUT2D eigenvalue weighted by atomic mass is 10.1. The lowest BCUT2D eigenvalue weighted by Crippen LogP contribution is -2.43. The zero-order valence-electron chi connectivity index (χ0n) is 15.7. The van der Waals surface area contributed by atoms with Crippen LogP contribution in [0.4, 0.5) is 5.13 Å². The van der Waals surface area contributed by atoms with Crippen LogP contribution in [-0.4, -0.2) is 65.5 Å². The highest BCUT2D eigenvalue weighted by Crippen LogP contribution is 2.23. The molecule has 1 aromatic carbocycles. The minimum Gasteiger partial charge on any atom is -0.379 e. The molecular weight excluding hydrogens is 376 g/mol. The van der Waals surface area contributed by atoms with Crippen LogP contribution in [0.3, 0.4) is 0 Å². The topological polar surface area (TPSA) is 74.8 Å². The first kappa shape index (κ1) is 19.0. The number of morpholine rings is 1. The normalized spacial score (nSPS) is 20.3. The van der Waals surface area contributed by atoms with Crippen molar-refractivity contribution < 1.29 is 14.3 Å². The molecule has 8 heteroatoms. The molecule has 4 rings (SSSR count). The summed E-state index contributed by atoms with van der Waals surface area (Å²) in [6, 6.07) is 8.68. The second-order valence-corrected chi connectivity index (χ2v) is 7.90. The van der Waals surface area contributed by atoms with Crippen LogP contribution in [0.1, 0.15) is 28.9 Å². The van der Waals surface area contributed by atoms with Crippen LogP contribution < -0.4 is 5.32 Å². The molecule has 0 radical (unpaired) electrons. The van der Waals surface area contributed by atoms with E-state index in [2.05, 4.69) is 15.2 Å². The maximum absolute atomic E-state index is 12.8. The first-order chi connectivity index (χ1) is 13.7. The highest BCUT2D eigenvalue weighted by Gasteiger charge is 2.34. The second-order valence-electron chi connectivity index (χ2n) is 7.04. The first-order valence-electron chi connectivity index (χ1n) is 9.62. The number of hydrogen-bond acceptors (Lipinski definition) is 6. The Hall–Kier alpha value is -2.29. The summed E-state index contributed by atoms with van der Waals surface area (Å²) in [4.78, 5) is 34.1. The Kier molecular flexibility index (Phi) is 5.99. The number of nitrogens with one attached hydrogen (secondary N) is 1. The third-order valence-corrected chi connectivity index (χ3v) is 5.91. The number of carbonyl (C=O) groups excluding carboxylic acids is 2. The monoisotopic (exact) mass is 400 g/mol. The highest BCUT2D eigenvalue weighted by molar-refractivity contribution is 7.13. The van der Waals surface area contributed by atoms with E-state index in [1.807, 2.05) is 23.6 Å². The molecule has 3 heterocycles. The van der Waals surface area contributed by atoms with E-state index in [1.54, 1.807) is 17.0 Å². The maximum Gasteiger partial charge on any atom is 0.254 e. The third-order valence-electron chi connectivity index (χ3n) is 5.11. The molecule has 2 fully saturated rings. The number of aromatic nitrogens is 1. The van der Waals surface area contributed by atoms with Crippen molar-refractivity contribution in [3.63, 3.8) is 0 Å². The van der Waals surface area contributed by atoms with Gasteiger partial charge in [0.25, 0.3) is 5.91 Å². The zero-order valence-corrected chi connectivity index (χ0v) is 16.5. The van der Waals surface area contributed by atoms with Crippen molar-refractivity contribution in [3.8, 4) is 0 Å². The maximum atomic E-state index is 12.8. The standard InChI is InChI=1S/C20H24N4O3S/c25-18(17-7-4-8-24(17)19(26)15-5-2-1-3-6-15)22-20-21-16(14-28-20)13-23-9-11-27-12-10-23/h1-3,5-6,14,17H,4,7-13H2,(H,21,22,25). The van der Waals surface area contributed by atoms with E-state index >= 15 is 0 Å². The molecule has 2 aromatic rings. The predicted molar refractivity (Wildman–Crippen MR) is 107 cm³/mol. The van der Waals surface area contributed by atoms with E-state index < -0.39 is 6.04 Å². The minimum atomic E-state index is -0.445. The van der Waals surface area contributed by atoms with Crippen molar-refractivity contribution in [2.45, 2.75) is 25.4 Å². The largest absolute Gasteiger partial charge is 0.379 e. The van der Waals surface area contributed by atoms with Gasteiger partial charge in [0.15, 0.2) is 5.13 Å². The quantitative estimate of drug-likeness (QED) is 0.833. The summed E-state index contributed by atoms with van der Waals surface area (Å²) in [6.07, 6.45) is 1.51. The number of likely N-dealkylation sites (tertiary alicyclic amines) is 1. The molecule has 2 aliphatic rings. The van der Waals surface area contributed by atoms with Crippen LogP contribution in [0.15, 0.2) is 35.7 Å². The molecule has 28 heavy (non-hydrogen) atoms. The lowest BCUT2D eigenvalue weighted by Gasteiger charge is -2.25. The molecular formula is C20H24N4O3S. The van der Waals surface area contributed by atoms with E-state index in [0.29, 0.717) is 23.7 Å². The van der Waals surface area contributed by atoms with Crippen LogP contribution in [0.2, 0.25) is 0 Å². The summed E-state index contributed by atoms with van der Waals surface area (Å²) >= 11 is 1.43. The molecule has 148 valence electrons. The van der Waals surface area contributed by atoms with Gasteiger partial charge in [-0.25, -0.2) is 4.98 Å². The third kappa shape index (κ3) is 4.40. The summed E-state index contributed by atoms with van der Waals surface area (Å²) in [5, 5.41) is 5.48. The van der Waals surface area contributed by atoms with E-state index in [1.165, 1.54) is 11.3 Å². The van der Waals surface area contributed by atoms with Crippen LogP contribution in [-0.2, 0) is 16.1 Å². The molecule has 2 amide bonds. The number of nitrogens with zero attached hydrogens (tertiary/aromatic N) is 3. The number of carbonyl (C=O) groups is 2. The fraction of sp³-hybridized carbons (Fsp3) is 0.450. The van der Waals surface area contributed by atoms with Crippen molar-refractivity contribution in [1.82, 2.24) is 14.8 Å². The van der Waals surface area contributed by atoms with E-state index in [9.17, 15) is 9.59 Å². The van der Waals surface area contributed by atoms with Gasteiger partial charge in [0.2, 0.25) is 5.91 Å². The Morgan fingerprint density at radius 3 is 2.75 bits per heavy atom. The summed E-state index contributed by atoms with van der Waals surface area (Å²) in [5.74, 6) is -0.251. The van der Waals surface area contributed by atoms with Crippen molar-refractivity contribution in [2.24, 2.45) is 0 Å². The number of hydrogen-bond donors (Lipinski definition) is 1. The molecule has 2 aliphatic heterocycles. The van der Waals surface area contributed by atoms with E-state index in [-0.39, 0.29) is 11.8 Å². The molecule has 1 aromatic heterocycles. The van der Waals surface area contributed by atoms with Gasteiger partial charge in [-0.1, -0.05) is 18.2 Å². The molecule has 0 bridgehead atoms. The SMILES string of the molecule is O=C(Nc1nc(CN2CCOCC2)cs1)C1CCCN1C(=O)c1ccccc1. The van der Waals surface area contributed by atoms with Crippen LogP contribution >= 0.6 is 11.3 Å². The van der Waals surface area contributed by atoms with E-state index in [0.717, 1.165) is 45.0 Å². The fourth-order valence-corrected chi connectivity index (χ4v) is 4.35. The summed E-state index contributed by atoms with van der Waals surface area (Å²) in [5.41, 5.74) is 1.56. The number of anilines is 1. The van der Waals surface area contributed by atoms with Crippen LogP contribution in [0.25, 0.3) is 0 Å². The molecule has 1 N–H and O–H groups in total. The second kappa shape index (κ2) is 8.81. The van der Waals surface area contributed by atoms with Crippen molar-refractivity contribution in [1.29, 1.82) is 0 Å². The summed E-state index contributed by atoms with van der Waals surface area (Å²) in [7, 11) is 0. The van der Waals surface area contributed by atoms with Crippen LogP contribution in [0, 0.1) is 0 Å². The Labute approximate surface area is 168 Å². The summed E-state index contributed by atoms with van der Waals surface area (Å²) < 4.78 is 5.36. The Morgan fingerprint density at radius 2 is 1.96 bits per heavy atom. The van der Waals surface area contributed by atoms with Gasteiger partial charge in [-0.05, 0) is 25.0 Å². The lowest BCUT2D eigenvalue weighted by molar-refractivity contribution is -0.119. The molecule has 1 unspecified atom stereocenters. The van der Waals surface area contributed by atoms with Gasteiger partial charge in [0, 0.05) is 37.1 Å². The van der Waals surface area contributed by atoms with E-state index in [4.69, 9.17) is 4.74 Å². The Morgan fingerprint density at radius 1 is 1.18 bits per heavy atom. The van der Waals surface area contributed by atoms with Gasteiger partial charge in [-0.15, -0.1) is 11.3 Å². The first-order valence-corrected chi connectivity index (χ1v) is 10.5. The molecule has 0 spiro atoms. The average molecular weight is 401 g/mol.